The molecular weight excluding hydrogens is 359 g/mol. The molecule has 1 heterocycles. The molecule has 1 unspecified atom stereocenters. The topological polar surface area (TPSA) is 17.1 Å². The number of hydrogen-bond donors (Lipinski definition) is 0. The van der Waals surface area contributed by atoms with Gasteiger partial charge in [0, 0.05) is 10.6 Å². The first kappa shape index (κ1) is 15.9. The van der Waals surface area contributed by atoms with Gasteiger partial charge < -0.3 is 4.57 Å². The van der Waals surface area contributed by atoms with Crippen LogP contribution >= 0.6 is 7.80 Å². The Bertz CT molecular complexity index is 1430. The quantitative estimate of drug-likeness (QED) is 0.291. The van der Waals surface area contributed by atoms with E-state index < -0.39 is 7.80 Å². The van der Waals surface area contributed by atoms with Crippen LogP contribution in [0.15, 0.2) is 97.1 Å². The molecule has 1 aliphatic heterocycles. The normalized spacial score (nSPS) is 14.9. The number of hydrogen-bond acceptors (Lipinski definition) is 1. The maximum atomic E-state index is 13.9. The molecule has 1 aliphatic rings. The molecular formula is C26H17OP. The molecule has 5 aromatic rings. The summed E-state index contributed by atoms with van der Waals surface area (Å²) in [5.74, 6) is 0. The van der Waals surface area contributed by atoms with Crippen molar-refractivity contribution in [3.63, 3.8) is 0 Å². The van der Waals surface area contributed by atoms with E-state index in [-0.39, 0.29) is 0 Å². The van der Waals surface area contributed by atoms with E-state index in [1.54, 1.807) is 0 Å². The van der Waals surface area contributed by atoms with Gasteiger partial charge >= 0.3 is 0 Å². The summed E-state index contributed by atoms with van der Waals surface area (Å²) in [5, 5.41) is 6.60. The van der Waals surface area contributed by atoms with E-state index >= 15 is 0 Å². The van der Waals surface area contributed by atoms with Crippen LogP contribution < -0.4 is 10.6 Å². The van der Waals surface area contributed by atoms with Crippen LogP contribution in [0.1, 0.15) is 0 Å². The molecule has 0 aromatic heterocycles. The first-order valence-electron chi connectivity index (χ1n) is 9.51. The van der Waals surface area contributed by atoms with Gasteiger partial charge in [0.25, 0.3) is 0 Å². The third-order valence-corrected chi connectivity index (χ3v) is 7.73. The molecule has 2 heteroatoms. The summed E-state index contributed by atoms with van der Waals surface area (Å²) in [7, 11) is -2.15. The molecule has 0 radical (unpaired) electrons. The lowest BCUT2D eigenvalue weighted by molar-refractivity contribution is 0.598. The molecule has 0 saturated carbocycles. The van der Waals surface area contributed by atoms with Crippen molar-refractivity contribution < 1.29 is 4.57 Å². The van der Waals surface area contributed by atoms with E-state index in [0.29, 0.717) is 0 Å². The van der Waals surface area contributed by atoms with Gasteiger partial charge in [-0.25, -0.2) is 0 Å². The zero-order chi connectivity index (χ0) is 18.7. The zero-order valence-corrected chi connectivity index (χ0v) is 16.1. The summed E-state index contributed by atoms with van der Waals surface area (Å²) in [6.07, 6.45) is 0. The largest absolute Gasteiger partial charge is 0.317 e. The third-order valence-electron chi connectivity index (χ3n) is 5.82. The molecule has 0 N–H and O–H groups in total. The third kappa shape index (κ3) is 2.11. The Hall–Kier alpha value is -3.15. The molecule has 28 heavy (non-hydrogen) atoms. The lowest BCUT2D eigenvalue weighted by atomic mass is 9.89. The van der Waals surface area contributed by atoms with Crippen molar-refractivity contribution in [1.29, 1.82) is 0 Å². The zero-order valence-electron chi connectivity index (χ0n) is 15.1. The highest BCUT2D eigenvalue weighted by Gasteiger charge is 2.26. The SMILES string of the molecule is O=[PH]1c2ccccc2-c2ccc3ccccc3c2-c2ccc3ccccc3c21. The average Bonchev–Trinajstić information content (AvgIpc) is 2.87. The summed E-state index contributed by atoms with van der Waals surface area (Å²) >= 11 is 0. The van der Waals surface area contributed by atoms with Gasteiger partial charge in [0.15, 0.2) is 0 Å². The van der Waals surface area contributed by atoms with Crippen LogP contribution in [-0.4, -0.2) is 0 Å². The van der Waals surface area contributed by atoms with Crippen LogP contribution in [0.3, 0.4) is 0 Å². The Kier molecular flexibility index (Phi) is 3.36. The van der Waals surface area contributed by atoms with Crippen molar-refractivity contribution >= 4 is 40.0 Å². The van der Waals surface area contributed by atoms with Crippen LogP contribution in [-0.2, 0) is 4.57 Å². The maximum absolute atomic E-state index is 13.9. The second kappa shape index (κ2) is 5.92. The van der Waals surface area contributed by atoms with Crippen molar-refractivity contribution in [3.8, 4) is 22.3 Å². The molecule has 0 spiro atoms. The van der Waals surface area contributed by atoms with Crippen LogP contribution in [0.25, 0.3) is 43.8 Å². The molecule has 0 bridgehead atoms. The minimum absolute atomic E-state index is 0.958. The number of benzene rings is 5. The number of fused-ring (bicyclic) bond motifs is 9. The second-order valence-corrected chi connectivity index (χ2v) is 8.99. The summed E-state index contributed by atoms with van der Waals surface area (Å²) < 4.78 is 13.9. The summed E-state index contributed by atoms with van der Waals surface area (Å²) in [4.78, 5) is 0. The van der Waals surface area contributed by atoms with Crippen molar-refractivity contribution in [2.75, 3.05) is 0 Å². The van der Waals surface area contributed by atoms with Crippen LogP contribution in [0, 0.1) is 0 Å². The van der Waals surface area contributed by atoms with Crippen LogP contribution in [0.5, 0.6) is 0 Å². The highest BCUT2D eigenvalue weighted by molar-refractivity contribution is 7.62. The monoisotopic (exact) mass is 376 g/mol. The van der Waals surface area contributed by atoms with Gasteiger partial charge in [-0.3, -0.25) is 0 Å². The van der Waals surface area contributed by atoms with E-state index in [1.165, 1.54) is 21.9 Å². The fourth-order valence-electron chi connectivity index (χ4n) is 4.56. The van der Waals surface area contributed by atoms with Crippen molar-refractivity contribution in [1.82, 2.24) is 0 Å². The average molecular weight is 376 g/mol. The first-order valence-corrected chi connectivity index (χ1v) is 10.9. The van der Waals surface area contributed by atoms with E-state index in [4.69, 9.17) is 0 Å². The predicted molar refractivity (Wildman–Crippen MR) is 121 cm³/mol. The van der Waals surface area contributed by atoms with Gasteiger partial charge in [-0.2, -0.15) is 0 Å². The summed E-state index contributed by atoms with van der Waals surface area (Å²) in [6.45, 7) is 0. The lowest BCUT2D eigenvalue weighted by Crippen LogP contribution is -2.09. The summed E-state index contributed by atoms with van der Waals surface area (Å²) in [6, 6.07) is 33.7. The van der Waals surface area contributed by atoms with Crippen molar-refractivity contribution in [2.24, 2.45) is 0 Å². The Morgan fingerprint density at radius 1 is 0.500 bits per heavy atom. The van der Waals surface area contributed by atoms with Crippen LogP contribution in [0.4, 0.5) is 0 Å². The fourth-order valence-corrected chi connectivity index (χ4v) is 6.47. The molecule has 0 fully saturated rings. The van der Waals surface area contributed by atoms with E-state index in [1.807, 2.05) is 30.3 Å². The van der Waals surface area contributed by atoms with Gasteiger partial charge in [0.1, 0.15) is 7.80 Å². The standard InChI is InChI=1S/C26H17OP/c27-28-24-12-6-5-11-21(24)22-15-13-17-7-1-3-9-19(17)25(22)23-16-14-18-8-2-4-10-20(18)26(23)28/h1-16,28H. The maximum Gasteiger partial charge on any atom is 0.133 e. The molecule has 1 atom stereocenters. The van der Waals surface area contributed by atoms with Crippen LogP contribution in [0.2, 0.25) is 0 Å². The van der Waals surface area contributed by atoms with Gasteiger partial charge in [-0.15, -0.1) is 0 Å². The van der Waals surface area contributed by atoms with E-state index in [0.717, 1.165) is 32.5 Å². The smallest absolute Gasteiger partial charge is 0.133 e. The first-order chi connectivity index (χ1) is 13.8. The van der Waals surface area contributed by atoms with Crippen molar-refractivity contribution in [3.05, 3.63) is 97.1 Å². The fraction of sp³-hybridized carbons (Fsp3) is 0. The van der Waals surface area contributed by atoms with Gasteiger partial charge in [0.2, 0.25) is 0 Å². The molecule has 1 nitrogen and oxygen atoms in total. The Labute approximate surface area is 164 Å². The van der Waals surface area contributed by atoms with Gasteiger partial charge in [0.05, 0.1) is 0 Å². The minimum Gasteiger partial charge on any atom is -0.317 e. The van der Waals surface area contributed by atoms with Gasteiger partial charge in [-0.05, 0) is 43.8 Å². The van der Waals surface area contributed by atoms with Crippen molar-refractivity contribution in [2.45, 2.75) is 0 Å². The number of rotatable bonds is 0. The van der Waals surface area contributed by atoms with E-state index in [2.05, 4.69) is 66.7 Å². The molecule has 5 aromatic carbocycles. The predicted octanol–water partition coefficient (Wildman–Crippen LogP) is 6.15. The van der Waals surface area contributed by atoms with Gasteiger partial charge in [-0.1, -0.05) is 97.1 Å². The highest BCUT2D eigenvalue weighted by Crippen LogP contribution is 2.45. The minimum atomic E-state index is -2.15. The Morgan fingerprint density at radius 3 is 1.93 bits per heavy atom. The summed E-state index contributed by atoms with van der Waals surface area (Å²) in [5.41, 5.74) is 4.56. The molecule has 0 amide bonds. The Morgan fingerprint density at radius 2 is 1.11 bits per heavy atom. The van der Waals surface area contributed by atoms with E-state index in [9.17, 15) is 4.57 Å². The second-order valence-electron chi connectivity index (χ2n) is 7.29. The molecule has 0 saturated heterocycles. The molecule has 132 valence electrons. The Balaban J connectivity index is 1.90. The lowest BCUT2D eigenvalue weighted by Gasteiger charge is -2.15. The highest BCUT2D eigenvalue weighted by atomic mass is 31.1. The molecule has 6 rings (SSSR count). The molecule has 0 aliphatic carbocycles.